The molecule has 0 saturated carbocycles. The predicted molar refractivity (Wildman–Crippen MR) is 142 cm³/mol. The number of anilines is 1. The zero-order valence-electron chi connectivity index (χ0n) is 19.7. The van der Waals surface area contributed by atoms with Crippen molar-refractivity contribution in [2.75, 3.05) is 19.0 Å². The summed E-state index contributed by atoms with van der Waals surface area (Å²) < 4.78 is 17.1. The van der Waals surface area contributed by atoms with Crippen molar-refractivity contribution < 1.29 is 19.0 Å². The number of carbonyl (C=O) groups is 1. The van der Waals surface area contributed by atoms with Crippen LogP contribution in [0.5, 0.6) is 17.2 Å². The lowest BCUT2D eigenvalue weighted by Crippen LogP contribution is -2.31. The summed E-state index contributed by atoms with van der Waals surface area (Å²) in [6, 6.07) is 20.2. The molecule has 36 heavy (non-hydrogen) atoms. The molecule has 1 aliphatic heterocycles. The number of nitrogens with zero attached hydrogens (tertiary/aromatic N) is 1. The maximum atomic E-state index is 12.6. The molecule has 1 unspecified atom stereocenters. The van der Waals surface area contributed by atoms with Gasteiger partial charge in [-0.05, 0) is 55.0 Å². The van der Waals surface area contributed by atoms with Crippen molar-refractivity contribution >= 4 is 41.0 Å². The number of thioether (sulfide) groups is 1. The molecule has 0 radical (unpaired) electrons. The van der Waals surface area contributed by atoms with Crippen LogP contribution in [-0.4, -0.2) is 25.1 Å². The number of hydrogen-bond acceptors (Lipinski definition) is 7. The van der Waals surface area contributed by atoms with Gasteiger partial charge < -0.3 is 24.8 Å². The van der Waals surface area contributed by atoms with Crippen LogP contribution in [0.1, 0.15) is 23.6 Å². The van der Waals surface area contributed by atoms with Crippen molar-refractivity contribution in [3.8, 4) is 23.3 Å². The summed E-state index contributed by atoms with van der Waals surface area (Å²) >= 11 is 7.47. The van der Waals surface area contributed by atoms with Crippen LogP contribution in [0.25, 0.3) is 6.08 Å². The molecule has 0 spiro atoms. The Morgan fingerprint density at radius 2 is 1.92 bits per heavy atom. The van der Waals surface area contributed by atoms with Crippen molar-refractivity contribution in [1.29, 1.82) is 5.26 Å². The molecule has 1 saturated heterocycles. The van der Waals surface area contributed by atoms with Crippen molar-refractivity contribution in [2.45, 2.75) is 19.0 Å². The van der Waals surface area contributed by atoms with Crippen LogP contribution in [0.3, 0.4) is 0 Å². The first-order chi connectivity index (χ1) is 17.5. The van der Waals surface area contributed by atoms with Gasteiger partial charge in [0.25, 0.3) is 5.91 Å². The summed E-state index contributed by atoms with van der Waals surface area (Å²) in [5.74, 6) is 1.55. The number of ether oxygens (including phenoxy) is 3. The first kappa shape index (κ1) is 25.3. The van der Waals surface area contributed by atoms with Gasteiger partial charge in [-0.2, -0.15) is 5.26 Å². The van der Waals surface area contributed by atoms with Gasteiger partial charge in [0.15, 0.2) is 17.0 Å². The Bertz CT molecular complexity index is 1340. The van der Waals surface area contributed by atoms with Gasteiger partial charge in [0, 0.05) is 10.6 Å². The van der Waals surface area contributed by atoms with E-state index in [0.29, 0.717) is 45.0 Å². The van der Waals surface area contributed by atoms with Gasteiger partial charge >= 0.3 is 0 Å². The zero-order chi connectivity index (χ0) is 25.5. The van der Waals surface area contributed by atoms with E-state index in [1.807, 2.05) is 37.3 Å². The second-order valence-corrected chi connectivity index (χ2v) is 9.25. The van der Waals surface area contributed by atoms with Crippen LogP contribution in [0, 0.1) is 11.3 Å². The van der Waals surface area contributed by atoms with Crippen LogP contribution < -0.4 is 24.8 Å². The highest BCUT2D eigenvalue weighted by atomic mass is 35.5. The quantitative estimate of drug-likeness (QED) is 0.344. The second-order valence-electron chi connectivity index (χ2n) is 7.67. The lowest BCUT2D eigenvalue weighted by atomic mass is 10.1. The summed E-state index contributed by atoms with van der Waals surface area (Å²) in [6.07, 6.45) is 1.80. The summed E-state index contributed by atoms with van der Waals surface area (Å²) in [5.41, 5.74) is 2.46. The third-order valence-electron chi connectivity index (χ3n) is 5.27. The average Bonchev–Trinajstić information content (AvgIpc) is 3.22. The molecule has 4 rings (SSSR count). The minimum Gasteiger partial charge on any atom is -0.495 e. The number of nitriles is 1. The van der Waals surface area contributed by atoms with Crippen LogP contribution in [0.15, 0.2) is 65.6 Å². The minimum absolute atomic E-state index is 0.190. The van der Waals surface area contributed by atoms with E-state index in [1.54, 1.807) is 43.5 Å². The first-order valence-corrected chi connectivity index (χ1v) is 12.4. The lowest BCUT2D eigenvalue weighted by molar-refractivity contribution is -0.116. The molecule has 1 atom stereocenters. The Morgan fingerprint density at radius 1 is 1.11 bits per heavy atom. The molecule has 9 heteroatoms. The van der Waals surface area contributed by atoms with Crippen molar-refractivity contribution in [2.24, 2.45) is 0 Å². The first-order valence-electron chi connectivity index (χ1n) is 11.2. The third-order valence-corrected chi connectivity index (χ3v) is 6.53. The van der Waals surface area contributed by atoms with Gasteiger partial charge in [0.1, 0.15) is 12.4 Å². The van der Waals surface area contributed by atoms with E-state index in [-0.39, 0.29) is 18.0 Å². The molecule has 1 aliphatic rings. The van der Waals surface area contributed by atoms with Gasteiger partial charge in [-0.15, -0.1) is 0 Å². The smallest absolute Gasteiger partial charge is 0.260 e. The topological polar surface area (TPSA) is 92.6 Å². The van der Waals surface area contributed by atoms with Gasteiger partial charge in [-0.1, -0.05) is 47.6 Å². The fourth-order valence-electron chi connectivity index (χ4n) is 3.56. The van der Waals surface area contributed by atoms with Gasteiger partial charge in [0.2, 0.25) is 0 Å². The Labute approximate surface area is 219 Å². The highest BCUT2D eigenvalue weighted by Gasteiger charge is 2.28. The molecular weight excluding hydrogens is 498 g/mol. The standard InChI is InChI=1S/C27H24ClN3O4S/c1-3-34-24-12-17(8-10-23(24)35-16-19-7-5-4-6-18(19)15-29)13-25-26(32)31-27(36-25)30-21-14-20(28)9-11-22(21)33-2/h4-14,27,30H,3,16H2,1-2H3,(H,31,32)/b25-13-. The maximum Gasteiger partial charge on any atom is 0.260 e. The Kier molecular flexibility index (Phi) is 8.26. The van der Waals surface area contributed by atoms with Crippen LogP contribution in [0.4, 0.5) is 5.69 Å². The number of methoxy groups -OCH3 is 1. The molecule has 3 aromatic rings. The highest BCUT2D eigenvalue weighted by molar-refractivity contribution is 8.05. The van der Waals surface area contributed by atoms with E-state index in [9.17, 15) is 10.1 Å². The van der Waals surface area contributed by atoms with E-state index in [1.165, 1.54) is 11.8 Å². The second kappa shape index (κ2) is 11.8. The van der Waals surface area contributed by atoms with Crippen LogP contribution in [0.2, 0.25) is 5.02 Å². The Hall–Kier alpha value is -3.80. The molecule has 0 aliphatic carbocycles. The van der Waals surface area contributed by atoms with Crippen LogP contribution in [-0.2, 0) is 11.4 Å². The van der Waals surface area contributed by atoms with Crippen molar-refractivity contribution in [1.82, 2.24) is 5.32 Å². The molecule has 2 N–H and O–H groups in total. The molecule has 7 nitrogen and oxygen atoms in total. The molecule has 184 valence electrons. The average molecular weight is 522 g/mol. The SMILES string of the molecule is CCOc1cc(/C=C2\SC(Nc3cc(Cl)ccc3OC)NC2=O)ccc1OCc1ccccc1C#N. The number of nitrogens with one attached hydrogen (secondary N) is 2. The van der Waals surface area contributed by atoms with E-state index >= 15 is 0 Å². The van der Waals surface area contributed by atoms with E-state index in [4.69, 9.17) is 25.8 Å². The number of hydrogen-bond donors (Lipinski definition) is 2. The monoisotopic (exact) mass is 521 g/mol. The van der Waals surface area contributed by atoms with Gasteiger partial charge in [-0.3, -0.25) is 4.79 Å². The van der Waals surface area contributed by atoms with Gasteiger partial charge in [-0.25, -0.2) is 0 Å². The summed E-state index contributed by atoms with van der Waals surface area (Å²) in [6.45, 7) is 2.58. The minimum atomic E-state index is -0.384. The summed E-state index contributed by atoms with van der Waals surface area (Å²) in [5, 5.41) is 16.0. The Morgan fingerprint density at radius 3 is 2.69 bits per heavy atom. The molecule has 0 bridgehead atoms. The van der Waals surface area contributed by atoms with E-state index in [0.717, 1.165) is 11.1 Å². The van der Waals surface area contributed by atoms with Crippen LogP contribution >= 0.6 is 23.4 Å². The van der Waals surface area contributed by atoms with E-state index in [2.05, 4.69) is 16.7 Å². The molecule has 3 aromatic carbocycles. The number of amides is 1. The molecule has 0 aromatic heterocycles. The fourth-order valence-corrected chi connectivity index (χ4v) is 4.71. The summed E-state index contributed by atoms with van der Waals surface area (Å²) in [4.78, 5) is 13.2. The largest absolute Gasteiger partial charge is 0.495 e. The predicted octanol–water partition coefficient (Wildman–Crippen LogP) is 5.80. The molecule has 1 heterocycles. The number of rotatable bonds is 9. The fraction of sp³-hybridized carbons (Fsp3) is 0.185. The molecular formula is C27H24ClN3O4S. The summed E-state index contributed by atoms with van der Waals surface area (Å²) in [7, 11) is 1.58. The number of carbonyl (C=O) groups excluding carboxylic acids is 1. The number of halogens is 1. The lowest BCUT2D eigenvalue weighted by Gasteiger charge is -2.15. The zero-order valence-corrected chi connectivity index (χ0v) is 21.3. The molecule has 1 fully saturated rings. The number of benzene rings is 3. The van der Waals surface area contributed by atoms with E-state index < -0.39 is 0 Å². The molecule has 1 amide bonds. The highest BCUT2D eigenvalue weighted by Crippen LogP contribution is 2.36. The van der Waals surface area contributed by atoms with Crippen molar-refractivity contribution in [3.63, 3.8) is 0 Å². The normalized spacial score (nSPS) is 15.8. The van der Waals surface area contributed by atoms with Gasteiger partial charge in [0.05, 0.1) is 35.9 Å². The van der Waals surface area contributed by atoms with Crippen molar-refractivity contribution in [3.05, 3.63) is 87.3 Å². The Balaban J connectivity index is 1.49. The maximum absolute atomic E-state index is 12.6. The third kappa shape index (κ3) is 6.06.